The summed E-state index contributed by atoms with van der Waals surface area (Å²) in [6.07, 6.45) is 3.08. The Morgan fingerprint density at radius 1 is 1.14 bits per heavy atom. The van der Waals surface area contributed by atoms with Crippen molar-refractivity contribution in [3.8, 4) is 11.5 Å². The minimum absolute atomic E-state index is 0.0374. The zero-order chi connectivity index (χ0) is 16.3. The van der Waals surface area contributed by atoms with Crippen molar-refractivity contribution in [2.24, 2.45) is 11.8 Å². The van der Waals surface area contributed by atoms with Crippen LogP contribution in [0.5, 0.6) is 11.5 Å². The Morgan fingerprint density at radius 2 is 1.86 bits per heavy atom. The molecule has 0 bridgehead atoms. The molecule has 5 nitrogen and oxygen atoms in total. The molecule has 0 aliphatic heterocycles. The molecule has 0 saturated heterocycles. The predicted molar refractivity (Wildman–Crippen MR) is 85.8 cm³/mol. The number of benzene rings is 1. The molecule has 22 heavy (non-hydrogen) atoms. The molecule has 0 heterocycles. The first-order valence-corrected chi connectivity index (χ1v) is 9.11. The van der Waals surface area contributed by atoms with Crippen LogP contribution in [-0.4, -0.2) is 28.7 Å². The standard InChI is InChI=1S/C16H25NO4S/c1-11-6-5-7-14(12(11)2)17-22(18,19)16-10-13(20-3)8-9-15(16)21-4/h8-12,14,17H,5-7H2,1-4H3/t11-,12-,14+/m1/s1. The van der Waals surface area contributed by atoms with Gasteiger partial charge >= 0.3 is 0 Å². The molecule has 0 unspecified atom stereocenters. The van der Waals surface area contributed by atoms with E-state index in [2.05, 4.69) is 18.6 Å². The highest BCUT2D eigenvalue weighted by Crippen LogP contribution is 2.32. The third-order valence-electron chi connectivity index (χ3n) is 4.67. The lowest BCUT2D eigenvalue weighted by molar-refractivity contribution is 0.226. The van der Waals surface area contributed by atoms with Crippen LogP contribution in [-0.2, 0) is 10.0 Å². The Kier molecular flexibility index (Phi) is 5.34. The van der Waals surface area contributed by atoms with Gasteiger partial charge < -0.3 is 9.47 Å². The maximum Gasteiger partial charge on any atom is 0.244 e. The van der Waals surface area contributed by atoms with E-state index >= 15 is 0 Å². The molecule has 1 aliphatic rings. The van der Waals surface area contributed by atoms with Crippen molar-refractivity contribution in [3.05, 3.63) is 18.2 Å². The SMILES string of the molecule is COc1ccc(OC)c(S(=O)(=O)N[C@H]2CCC[C@@H](C)[C@H]2C)c1. The average molecular weight is 327 g/mol. The summed E-state index contributed by atoms with van der Waals surface area (Å²) in [6.45, 7) is 4.29. The molecule has 6 heteroatoms. The second kappa shape index (κ2) is 6.87. The molecular formula is C16H25NO4S. The Morgan fingerprint density at radius 3 is 2.50 bits per heavy atom. The van der Waals surface area contributed by atoms with E-state index in [-0.39, 0.29) is 10.9 Å². The highest BCUT2D eigenvalue weighted by molar-refractivity contribution is 7.89. The summed E-state index contributed by atoms with van der Waals surface area (Å²) in [5.41, 5.74) is 0. The van der Waals surface area contributed by atoms with Gasteiger partial charge in [0.2, 0.25) is 10.0 Å². The van der Waals surface area contributed by atoms with Crippen molar-refractivity contribution in [2.75, 3.05) is 14.2 Å². The molecule has 1 N–H and O–H groups in total. The molecule has 1 aromatic carbocycles. The maximum absolute atomic E-state index is 12.8. The Balaban J connectivity index is 2.30. The van der Waals surface area contributed by atoms with Crippen molar-refractivity contribution < 1.29 is 17.9 Å². The third-order valence-corrected chi connectivity index (χ3v) is 6.18. The van der Waals surface area contributed by atoms with Crippen molar-refractivity contribution in [2.45, 2.75) is 44.0 Å². The van der Waals surface area contributed by atoms with Crippen molar-refractivity contribution >= 4 is 10.0 Å². The Hall–Kier alpha value is -1.27. The summed E-state index contributed by atoms with van der Waals surface area (Å²) in [5.74, 6) is 1.66. The lowest BCUT2D eigenvalue weighted by Gasteiger charge is -2.34. The second-order valence-corrected chi connectivity index (χ2v) is 7.69. The number of ether oxygens (including phenoxy) is 2. The zero-order valence-electron chi connectivity index (χ0n) is 13.6. The number of hydrogen-bond donors (Lipinski definition) is 1. The summed E-state index contributed by atoms with van der Waals surface area (Å²) >= 11 is 0. The van der Waals surface area contributed by atoms with Crippen LogP contribution in [0.2, 0.25) is 0 Å². The molecule has 0 spiro atoms. The Labute approximate surface area is 133 Å². The van der Waals surface area contributed by atoms with Gasteiger partial charge in [0.05, 0.1) is 14.2 Å². The molecule has 0 amide bonds. The minimum Gasteiger partial charge on any atom is -0.497 e. The van der Waals surface area contributed by atoms with Gasteiger partial charge in [0, 0.05) is 12.1 Å². The van der Waals surface area contributed by atoms with Gasteiger partial charge in [0.15, 0.2) is 0 Å². The fourth-order valence-electron chi connectivity index (χ4n) is 3.01. The number of hydrogen-bond acceptors (Lipinski definition) is 4. The van der Waals surface area contributed by atoms with E-state index in [9.17, 15) is 8.42 Å². The van der Waals surface area contributed by atoms with Gasteiger partial charge in [-0.1, -0.05) is 26.7 Å². The maximum atomic E-state index is 12.8. The molecule has 124 valence electrons. The van der Waals surface area contributed by atoms with Crippen LogP contribution in [0.4, 0.5) is 0 Å². The molecule has 0 aromatic heterocycles. The smallest absolute Gasteiger partial charge is 0.244 e. The molecule has 0 radical (unpaired) electrons. The molecule has 1 saturated carbocycles. The fraction of sp³-hybridized carbons (Fsp3) is 0.625. The van der Waals surface area contributed by atoms with Crippen LogP contribution in [0.25, 0.3) is 0 Å². The predicted octanol–water partition coefficient (Wildman–Crippen LogP) is 2.81. The fourth-order valence-corrected chi connectivity index (χ4v) is 4.55. The first-order valence-electron chi connectivity index (χ1n) is 7.63. The monoisotopic (exact) mass is 327 g/mol. The molecular weight excluding hydrogens is 302 g/mol. The van der Waals surface area contributed by atoms with Gasteiger partial charge in [0.1, 0.15) is 16.4 Å². The van der Waals surface area contributed by atoms with Crippen LogP contribution >= 0.6 is 0 Å². The van der Waals surface area contributed by atoms with E-state index in [1.54, 1.807) is 12.1 Å². The molecule has 1 fully saturated rings. The van der Waals surface area contributed by atoms with E-state index in [1.807, 2.05) is 0 Å². The van der Waals surface area contributed by atoms with Crippen LogP contribution < -0.4 is 14.2 Å². The first kappa shape index (κ1) is 17.1. The summed E-state index contributed by atoms with van der Waals surface area (Å²) in [7, 11) is -0.672. The third kappa shape index (κ3) is 3.55. The topological polar surface area (TPSA) is 64.6 Å². The largest absolute Gasteiger partial charge is 0.497 e. The van der Waals surface area contributed by atoms with Crippen molar-refractivity contribution in [1.29, 1.82) is 0 Å². The second-order valence-electron chi connectivity index (χ2n) is 6.01. The van der Waals surface area contributed by atoms with Gasteiger partial charge in [-0.2, -0.15) is 0 Å². The number of rotatable bonds is 5. The lowest BCUT2D eigenvalue weighted by Crippen LogP contribution is -2.43. The summed E-state index contributed by atoms with van der Waals surface area (Å²) < 4.78 is 38.7. The van der Waals surface area contributed by atoms with Gasteiger partial charge in [-0.25, -0.2) is 13.1 Å². The summed E-state index contributed by atoms with van der Waals surface area (Å²) in [6, 6.07) is 4.76. The van der Waals surface area contributed by atoms with Crippen molar-refractivity contribution in [1.82, 2.24) is 4.72 Å². The highest BCUT2D eigenvalue weighted by atomic mass is 32.2. The molecule has 1 aliphatic carbocycles. The van der Waals surface area contributed by atoms with Gasteiger partial charge in [-0.3, -0.25) is 0 Å². The summed E-state index contributed by atoms with van der Waals surface area (Å²) in [5, 5.41) is 0. The number of sulfonamides is 1. The van der Waals surface area contributed by atoms with E-state index in [1.165, 1.54) is 20.3 Å². The van der Waals surface area contributed by atoms with E-state index in [0.29, 0.717) is 23.3 Å². The van der Waals surface area contributed by atoms with Gasteiger partial charge in [-0.15, -0.1) is 0 Å². The van der Waals surface area contributed by atoms with Crippen LogP contribution in [0.3, 0.4) is 0 Å². The van der Waals surface area contributed by atoms with E-state index in [0.717, 1.165) is 19.3 Å². The lowest BCUT2D eigenvalue weighted by atomic mass is 9.78. The van der Waals surface area contributed by atoms with Crippen LogP contribution in [0.15, 0.2) is 23.1 Å². The van der Waals surface area contributed by atoms with Crippen molar-refractivity contribution in [3.63, 3.8) is 0 Å². The van der Waals surface area contributed by atoms with E-state index < -0.39 is 10.0 Å². The zero-order valence-corrected chi connectivity index (χ0v) is 14.4. The Bertz CT molecular complexity index is 615. The quantitative estimate of drug-likeness (QED) is 0.903. The van der Waals surface area contributed by atoms with Gasteiger partial charge in [0.25, 0.3) is 0 Å². The minimum atomic E-state index is -3.65. The number of methoxy groups -OCH3 is 2. The van der Waals surface area contributed by atoms with Crippen LogP contribution in [0, 0.1) is 11.8 Å². The molecule has 1 aromatic rings. The average Bonchev–Trinajstić information content (AvgIpc) is 2.51. The number of nitrogens with one attached hydrogen (secondary N) is 1. The highest BCUT2D eigenvalue weighted by Gasteiger charge is 2.32. The molecule has 3 atom stereocenters. The molecule has 2 rings (SSSR count). The summed E-state index contributed by atoms with van der Waals surface area (Å²) in [4.78, 5) is 0.125. The van der Waals surface area contributed by atoms with E-state index in [4.69, 9.17) is 9.47 Å². The normalized spacial score (nSPS) is 25.7. The van der Waals surface area contributed by atoms with Crippen LogP contribution in [0.1, 0.15) is 33.1 Å². The first-order chi connectivity index (χ1) is 10.4. The van der Waals surface area contributed by atoms with Gasteiger partial charge in [-0.05, 0) is 30.4 Å².